The molecule has 0 amide bonds. The average Bonchev–Trinajstić information content (AvgIpc) is 3.26. The Morgan fingerprint density at radius 3 is 2.26 bits per heavy atom. The quantitative estimate of drug-likeness (QED) is 0.772. The van der Waals surface area contributed by atoms with E-state index < -0.39 is 0 Å². The fraction of sp³-hybridized carbons (Fsp3) is 0.625. The molecule has 0 aromatic heterocycles. The summed E-state index contributed by atoms with van der Waals surface area (Å²) in [4.78, 5) is 0. The first-order valence-electron chi connectivity index (χ1n) is 7.33. The third-order valence-corrected chi connectivity index (χ3v) is 5.30. The molecule has 1 unspecified atom stereocenters. The van der Waals surface area contributed by atoms with Crippen molar-refractivity contribution in [1.82, 2.24) is 5.32 Å². The highest BCUT2D eigenvalue weighted by molar-refractivity contribution is 6.42. The predicted octanol–water partition coefficient (Wildman–Crippen LogP) is 5.08. The van der Waals surface area contributed by atoms with Gasteiger partial charge in [-0.15, -0.1) is 0 Å². The molecule has 19 heavy (non-hydrogen) atoms. The molecule has 2 fully saturated rings. The first-order valence-corrected chi connectivity index (χ1v) is 8.09. The molecule has 104 valence electrons. The molecule has 1 nitrogen and oxygen atoms in total. The number of benzene rings is 1. The topological polar surface area (TPSA) is 12.0 Å². The fourth-order valence-electron chi connectivity index (χ4n) is 2.98. The second kappa shape index (κ2) is 5.63. The molecule has 0 saturated heterocycles. The van der Waals surface area contributed by atoms with Gasteiger partial charge in [-0.1, -0.05) is 29.3 Å². The zero-order valence-electron chi connectivity index (χ0n) is 11.3. The Balaban J connectivity index is 1.57. The van der Waals surface area contributed by atoms with Gasteiger partial charge in [0.1, 0.15) is 0 Å². The highest BCUT2D eigenvalue weighted by Gasteiger charge is 2.41. The van der Waals surface area contributed by atoms with Gasteiger partial charge in [0.25, 0.3) is 0 Å². The Kier molecular flexibility index (Phi) is 4.07. The number of halogens is 2. The lowest BCUT2D eigenvalue weighted by Gasteiger charge is -2.21. The molecule has 0 heterocycles. The van der Waals surface area contributed by atoms with Crippen LogP contribution in [-0.4, -0.2) is 6.54 Å². The summed E-state index contributed by atoms with van der Waals surface area (Å²) in [6, 6.07) is 6.27. The van der Waals surface area contributed by atoms with Gasteiger partial charge in [-0.05, 0) is 74.6 Å². The third-order valence-electron chi connectivity index (χ3n) is 4.56. The third kappa shape index (κ3) is 3.45. The van der Waals surface area contributed by atoms with Gasteiger partial charge in [-0.3, -0.25) is 0 Å². The SMILES string of the molecule is CC(NCC(C1CC1)C1CC1)c1ccc(Cl)c(Cl)c1. The lowest BCUT2D eigenvalue weighted by Crippen LogP contribution is -2.28. The standard InChI is InChI=1S/C16H21Cl2N/c1-10(13-6-7-15(17)16(18)8-13)19-9-14(11-2-3-11)12-4-5-12/h6-8,10-12,14,19H,2-5,9H2,1H3. The summed E-state index contributed by atoms with van der Waals surface area (Å²) in [5, 5.41) is 4.96. The summed E-state index contributed by atoms with van der Waals surface area (Å²) < 4.78 is 0. The second-order valence-corrected chi connectivity index (χ2v) is 6.96. The molecule has 3 rings (SSSR count). The maximum absolute atomic E-state index is 6.08. The van der Waals surface area contributed by atoms with Crippen molar-refractivity contribution < 1.29 is 0 Å². The summed E-state index contributed by atoms with van der Waals surface area (Å²) in [6.45, 7) is 3.35. The number of hydrogen-bond acceptors (Lipinski definition) is 1. The zero-order chi connectivity index (χ0) is 13.4. The Morgan fingerprint density at radius 2 is 1.74 bits per heavy atom. The van der Waals surface area contributed by atoms with E-state index in [2.05, 4.69) is 18.3 Å². The molecule has 2 saturated carbocycles. The molecule has 1 atom stereocenters. The summed E-state index contributed by atoms with van der Waals surface area (Å²) in [6.07, 6.45) is 5.79. The average molecular weight is 298 g/mol. The lowest BCUT2D eigenvalue weighted by atomic mass is 9.97. The number of rotatable bonds is 6. The molecule has 0 bridgehead atoms. The van der Waals surface area contributed by atoms with Crippen LogP contribution in [0.4, 0.5) is 0 Å². The van der Waals surface area contributed by atoms with Crippen molar-refractivity contribution in [1.29, 1.82) is 0 Å². The van der Waals surface area contributed by atoms with Gasteiger partial charge in [-0.25, -0.2) is 0 Å². The molecular weight excluding hydrogens is 277 g/mol. The number of nitrogens with one attached hydrogen (secondary N) is 1. The Morgan fingerprint density at radius 1 is 1.11 bits per heavy atom. The van der Waals surface area contributed by atoms with Crippen LogP contribution in [0.3, 0.4) is 0 Å². The van der Waals surface area contributed by atoms with Gasteiger partial charge in [-0.2, -0.15) is 0 Å². The van der Waals surface area contributed by atoms with Crippen LogP contribution in [0.15, 0.2) is 18.2 Å². The Labute approximate surface area is 125 Å². The van der Waals surface area contributed by atoms with Crippen LogP contribution >= 0.6 is 23.2 Å². The van der Waals surface area contributed by atoms with Crippen LogP contribution in [0, 0.1) is 17.8 Å². The minimum atomic E-state index is 0.342. The van der Waals surface area contributed by atoms with Crippen LogP contribution in [0.25, 0.3) is 0 Å². The molecule has 1 aromatic carbocycles. The summed E-state index contributed by atoms with van der Waals surface area (Å²) in [5.41, 5.74) is 1.22. The van der Waals surface area contributed by atoms with Crippen molar-refractivity contribution in [2.75, 3.05) is 6.54 Å². The second-order valence-electron chi connectivity index (χ2n) is 6.14. The summed E-state index contributed by atoms with van der Waals surface area (Å²) in [5.74, 6) is 2.91. The van der Waals surface area contributed by atoms with E-state index >= 15 is 0 Å². The van der Waals surface area contributed by atoms with Gasteiger partial charge >= 0.3 is 0 Å². The van der Waals surface area contributed by atoms with E-state index in [1.165, 1.54) is 31.2 Å². The predicted molar refractivity (Wildman–Crippen MR) is 81.8 cm³/mol. The van der Waals surface area contributed by atoms with Gasteiger partial charge in [0, 0.05) is 6.04 Å². The molecule has 3 heteroatoms. The van der Waals surface area contributed by atoms with E-state index in [9.17, 15) is 0 Å². The van der Waals surface area contributed by atoms with Crippen LogP contribution in [0.5, 0.6) is 0 Å². The first-order chi connectivity index (χ1) is 9.15. The van der Waals surface area contributed by atoms with Crippen molar-refractivity contribution in [3.63, 3.8) is 0 Å². The Hall–Kier alpha value is -0.240. The van der Waals surface area contributed by atoms with Crippen LogP contribution in [0.1, 0.15) is 44.2 Å². The fourth-order valence-corrected chi connectivity index (χ4v) is 3.29. The largest absolute Gasteiger partial charge is 0.310 e. The van der Waals surface area contributed by atoms with Gasteiger partial charge in [0.05, 0.1) is 10.0 Å². The van der Waals surface area contributed by atoms with E-state index in [0.29, 0.717) is 16.1 Å². The molecule has 2 aliphatic carbocycles. The molecular formula is C16H21Cl2N. The zero-order valence-corrected chi connectivity index (χ0v) is 12.8. The van der Waals surface area contributed by atoms with E-state index in [1.807, 2.05) is 12.1 Å². The van der Waals surface area contributed by atoms with Crippen molar-refractivity contribution in [2.45, 2.75) is 38.6 Å². The lowest BCUT2D eigenvalue weighted by molar-refractivity contribution is 0.362. The van der Waals surface area contributed by atoms with E-state index in [0.717, 1.165) is 24.3 Å². The van der Waals surface area contributed by atoms with Crippen molar-refractivity contribution >= 4 is 23.2 Å². The molecule has 1 aromatic rings. The Bertz CT molecular complexity index is 440. The van der Waals surface area contributed by atoms with Crippen molar-refractivity contribution in [3.05, 3.63) is 33.8 Å². The summed E-state index contributed by atoms with van der Waals surface area (Å²) >= 11 is 12.0. The molecule has 1 N–H and O–H groups in total. The van der Waals surface area contributed by atoms with Gasteiger partial charge in [0.2, 0.25) is 0 Å². The van der Waals surface area contributed by atoms with E-state index in [-0.39, 0.29) is 0 Å². The highest BCUT2D eigenvalue weighted by atomic mass is 35.5. The maximum Gasteiger partial charge on any atom is 0.0595 e. The molecule has 0 aliphatic heterocycles. The van der Waals surface area contributed by atoms with Gasteiger partial charge in [0.15, 0.2) is 0 Å². The molecule has 0 spiro atoms. The first kappa shape index (κ1) is 13.7. The smallest absolute Gasteiger partial charge is 0.0595 e. The normalized spacial score (nSPS) is 20.8. The molecule has 0 radical (unpaired) electrons. The minimum absolute atomic E-state index is 0.342. The minimum Gasteiger partial charge on any atom is -0.310 e. The number of hydrogen-bond donors (Lipinski definition) is 1. The molecule has 2 aliphatic rings. The van der Waals surface area contributed by atoms with Crippen LogP contribution < -0.4 is 5.32 Å². The van der Waals surface area contributed by atoms with Crippen molar-refractivity contribution in [2.24, 2.45) is 17.8 Å². The van der Waals surface area contributed by atoms with Crippen LogP contribution in [0.2, 0.25) is 10.0 Å². The monoisotopic (exact) mass is 297 g/mol. The maximum atomic E-state index is 6.08. The van der Waals surface area contributed by atoms with E-state index in [4.69, 9.17) is 23.2 Å². The van der Waals surface area contributed by atoms with Crippen LogP contribution in [-0.2, 0) is 0 Å². The summed E-state index contributed by atoms with van der Waals surface area (Å²) in [7, 11) is 0. The highest BCUT2D eigenvalue weighted by Crippen LogP contribution is 2.49. The van der Waals surface area contributed by atoms with Crippen molar-refractivity contribution in [3.8, 4) is 0 Å². The van der Waals surface area contributed by atoms with Gasteiger partial charge < -0.3 is 5.32 Å². The van der Waals surface area contributed by atoms with E-state index in [1.54, 1.807) is 0 Å².